The summed E-state index contributed by atoms with van der Waals surface area (Å²) in [6.45, 7) is 11.8. The molecule has 0 bridgehead atoms. The van der Waals surface area contributed by atoms with Crippen molar-refractivity contribution in [3.8, 4) is 11.5 Å². The topological polar surface area (TPSA) is 18.5 Å². The van der Waals surface area contributed by atoms with Crippen molar-refractivity contribution >= 4 is 10.0 Å². The Hall–Kier alpha value is -1.75. The molecule has 27 heavy (non-hydrogen) atoms. The second kappa shape index (κ2) is 8.96. The van der Waals surface area contributed by atoms with Crippen LogP contribution in [0.1, 0.15) is 36.1 Å². The molecule has 2 aromatic rings. The minimum atomic E-state index is -1.19. The highest BCUT2D eigenvalue weighted by Crippen LogP contribution is 2.48. The maximum atomic E-state index is 13.5. The van der Waals surface area contributed by atoms with Crippen LogP contribution < -0.4 is 9.47 Å². The fourth-order valence-corrected chi connectivity index (χ4v) is 5.07. The normalized spacial score (nSPS) is 12.1. The van der Waals surface area contributed by atoms with Gasteiger partial charge in [0.25, 0.3) is 0 Å². The molecule has 0 N–H and O–H groups in total. The van der Waals surface area contributed by atoms with E-state index in [1.54, 1.807) is 0 Å². The second-order valence-corrected chi connectivity index (χ2v) is 11.1. The number of rotatable bonds is 8. The lowest BCUT2D eigenvalue weighted by Gasteiger charge is -2.38. The van der Waals surface area contributed by atoms with Gasteiger partial charge in [0.2, 0.25) is 0 Å². The Kier molecular flexibility index (Phi) is 7.15. The van der Waals surface area contributed by atoms with Gasteiger partial charge in [-0.2, -0.15) is 10.0 Å². The fraction of sp³-hybridized carbons (Fsp3) is 0.455. The molecule has 2 rings (SSSR count). The number of halogens is 2. The van der Waals surface area contributed by atoms with E-state index in [2.05, 4.69) is 13.8 Å². The van der Waals surface area contributed by atoms with Crippen LogP contribution in [-0.2, 0) is 0 Å². The fourth-order valence-electron chi connectivity index (χ4n) is 3.19. The average Bonchev–Trinajstić information content (AvgIpc) is 2.58. The van der Waals surface area contributed by atoms with E-state index in [9.17, 15) is 8.78 Å². The van der Waals surface area contributed by atoms with Gasteiger partial charge < -0.3 is 9.47 Å². The van der Waals surface area contributed by atoms with Crippen LogP contribution in [-0.4, -0.2) is 23.4 Å². The molecule has 0 saturated heterocycles. The lowest BCUT2D eigenvalue weighted by molar-refractivity contribution is 0.359. The lowest BCUT2D eigenvalue weighted by Crippen LogP contribution is -2.22. The van der Waals surface area contributed by atoms with Crippen LogP contribution in [0.25, 0.3) is 0 Å². The van der Waals surface area contributed by atoms with E-state index in [0.29, 0.717) is 11.9 Å². The van der Waals surface area contributed by atoms with Gasteiger partial charge in [-0.25, -0.2) is 8.78 Å². The zero-order valence-corrected chi connectivity index (χ0v) is 17.9. The van der Waals surface area contributed by atoms with Crippen molar-refractivity contribution < 1.29 is 18.3 Å². The molecule has 2 nitrogen and oxygen atoms in total. The van der Waals surface area contributed by atoms with Crippen molar-refractivity contribution in [1.82, 2.24) is 0 Å². The first-order valence-electron chi connectivity index (χ1n) is 9.24. The van der Waals surface area contributed by atoms with E-state index in [4.69, 9.17) is 9.47 Å². The Morgan fingerprint density at radius 2 is 0.963 bits per heavy atom. The third kappa shape index (κ3) is 5.16. The maximum Gasteiger partial charge on any atom is 0.126 e. The smallest absolute Gasteiger partial charge is 0.126 e. The summed E-state index contributed by atoms with van der Waals surface area (Å²) in [5.41, 5.74) is 3.22. The molecule has 0 unspecified atom stereocenters. The van der Waals surface area contributed by atoms with E-state index >= 15 is 0 Å². The molecule has 2 aromatic carbocycles. The summed E-state index contributed by atoms with van der Waals surface area (Å²) in [7, 11) is -1.19. The standard InChI is InChI=1S/C22H30F2O2S/c1-7-27(8-2,13-25-21-15(3)9-19(23)10-16(21)4)14-26-22-17(5)11-20(24)12-18(22)6/h9-12H,7-8,13-14H2,1-6H3. The first-order chi connectivity index (χ1) is 12.7. The van der Waals surface area contributed by atoms with Crippen LogP contribution in [0, 0.1) is 39.3 Å². The van der Waals surface area contributed by atoms with Crippen molar-refractivity contribution in [3.05, 3.63) is 58.2 Å². The minimum absolute atomic E-state index is 0.243. The Labute approximate surface area is 163 Å². The second-order valence-electron chi connectivity index (χ2n) is 7.06. The Morgan fingerprint density at radius 3 is 1.22 bits per heavy atom. The van der Waals surface area contributed by atoms with Gasteiger partial charge in [0.05, 0.1) is 0 Å². The summed E-state index contributed by atoms with van der Waals surface area (Å²) in [5.74, 6) is 4.07. The minimum Gasteiger partial charge on any atom is -0.484 e. The number of ether oxygens (including phenoxy) is 2. The Morgan fingerprint density at radius 1 is 0.667 bits per heavy atom. The third-order valence-corrected chi connectivity index (χ3v) is 8.67. The molecule has 0 aromatic heterocycles. The van der Waals surface area contributed by atoms with Crippen LogP contribution in [0.4, 0.5) is 8.78 Å². The van der Waals surface area contributed by atoms with E-state index in [-0.39, 0.29) is 11.6 Å². The highest BCUT2D eigenvalue weighted by molar-refractivity contribution is 8.33. The van der Waals surface area contributed by atoms with E-state index in [1.165, 1.54) is 24.3 Å². The SMILES string of the molecule is CCS(CC)(COc1c(C)cc(F)cc1C)COc1c(C)cc(F)cc1C. The monoisotopic (exact) mass is 396 g/mol. The molecule has 0 saturated carbocycles. The number of hydrogen-bond donors (Lipinski definition) is 0. The number of hydrogen-bond acceptors (Lipinski definition) is 2. The predicted octanol–water partition coefficient (Wildman–Crippen LogP) is 6.42. The van der Waals surface area contributed by atoms with Crippen molar-refractivity contribution in [2.24, 2.45) is 0 Å². The van der Waals surface area contributed by atoms with Crippen molar-refractivity contribution in [2.75, 3.05) is 23.4 Å². The van der Waals surface area contributed by atoms with Crippen molar-refractivity contribution in [2.45, 2.75) is 41.5 Å². The summed E-state index contributed by atoms with van der Waals surface area (Å²) in [6, 6.07) is 6.00. The lowest BCUT2D eigenvalue weighted by atomic mass is 10.1. The van der Waals surface area contributed by atoms with E-state index in [0.717, 1.165) is 45.3 Å². The third-order valence-electron chi connectivity index (χ3n) is 4.98. The van der Waals surface area contributed by atoms with Gasteiger partial charge in [-0.05, 0) is 85.7 Å². The van der Waals surface area contributed by atoms with Crippen LogP contribution in [0.5, 0.6) is 11.5 Å². The van der Waals surface area contributed by atoms with Gasteiger partial charge in [-0.15, -0.1) is 0 Å². The van der Waals surface area contributed by atoms with Crippen LogP contribution in [0.15, 0.2) is 24.3 Å². The molecule has 0 spiro atoms. The van der Waals surface area contributed by atoms with Crippen molar-refractivity contribution in [1.29, 1.82) is 0 Å². The summed E-state index contributed by atoms with van der Waals surface area (Å²) in [5, 5.41) is 0. The predicted molar refractivity (Wildman–Crippen MR) is 111 cm³/mol. The van der Waals surface area contributed by atoms with E-state index < -0.39 is 10.0 Å². The average molecular weight is 397 g/mol. The first-order valence-corrected chi connectivity index (χ1v) is 11.6. The molecule has 0 aliphatic carbocycles. The molecule has 0 heterocycles. The molecule has 0 atom stereocenters. The zero-order chi connectivity index (χ0) is 20.2. The molecule has 0 radical (unpaired) electrons. The van der Waals surface area contributed by atoms with Gasteiger partial charge in [0.15, 0.2) is 0 Å². The highest BCUT2D eigenvalue weighted by atomic mass is 32.3. The van der Waals surface area contributed by atoms with Crippen molar-refractivity contribution in [3.63, 3.8) is 0 Å². The largest absolute Gasteiger partial charge is 0.484 e. The highest BCUT2D eigenvalue weighted by Gasteiger charge is 2.24. The quantitative estimate of drug-likeness (QED) is 0.513. The van der Waals surface area contributed by atoms with E-state index in [1.807, 2.05) is 27.7 Å². The van der Waals surface area contributed by atoms with Gasteiger partial charge in [0, 0.05) is 0 Å². The van der Waals surface area contributed by atoms with Crippen LogP contribution in [0.2, 0.25) is 0 Å². The molecule has 0 amide bonds. The number of aryl methyl sites for hydroxylation is 4. The van der Waals surface area contributed by atoms with Gasteiger partial charge in [-0.3, -0.25) is 0 Å². The summed E-state index contributed by atoms with van der Waals surface area (Å²) in [4.78, 5) is 0. The summed E-state index contributed by atoms with van der Waals surface area (Å²) >= 11 is 0. The van der Waals surface area contributed by atoms with Gasteiger partial charge in [0.1, 0.15) is 35.0 Å². The van der Waals surface area contributed by atoms with Crippen LogP contribution in [0.3, 0.4) is 0 Å². The molecule has 150 valence electrons. The van der Waals surface area contributed by atoms with Gasteiger partial charge in [-0.1, -0.05) is 13.8 Å². The maximum absolute atomic E-state index is 13.5. The molecule has 5 heteroatoms. The summed E-state index contributed by atoms with van der Waals surface area (Å²) < 4.78 is 39.4. The van der Waals surface area contributed by atoms with Gasteiger partial charge >= 0.3 is 0 Å². The molecular formula is C22H30F2O2S. The Balaban J connectivity index is 2.16. The molecule has 0 fully saturated rings. The zero-order valence-electron chi connectivity index (χ0n) is 17.1. The first kappa shape index (κ1) is 21.5. The Bertz CT molecular complexity index is 691. The molecular weight excluding hydrogens is 366 g/mol. The molecule has 0 aliphatic heterocycles. The molecule has 0 aliphatic rings. The summed E-state index contributed by atoms with van der Waals surface area (Å²) in [6.07, 6.45) is 0. The number of benzene rings is 2. The van der Waals surface area contributed by atoms with Crippen LogP contribution >= 0.6 is 10.0 Å².